The van der Waals surface area contributed by atoms with Gasteiger partial charge < -0.3 is 5.11 Å². The molecule has 5 heteroatoms. The molecule has 2 aromatic heterocycles. The number of fused-ring (bicyclic) bond motifs is 1. The van der Waals surface area contributed by atoms with Crippen LogP contribution < -0.4 is 0 Å². The number of hydrogen-bond donors (Lipinski definition) is 1. The quantitative estimate of drug-likeness (QED) is 0.154. The summed E-state index contributed by atoms with van der Waals surface area (Å²) in [6.45, 7) is -26.3. The van der Waals surface area contributed by atoms with E-state index < -0.39 is 170 Å². The van der Waals surface area contributed by atoms with E-state index in [-0.39, 0.29) is 66.1 Å². The van der Waals surface area contributed by atoms with Crippen molar-refractivity contribution in [2.24, 2.45) is 0 Å². The molecule has 0 bridgehead atoms. The second-order valence-electron chi connectivity index (χ2n) is 18.4. The van der Waals surface area contributed by atoms with Crippen molar-refractivity contribution in [3.05, 3.63) is 216 Å². The van der Waals surface area contributed by atoms with E-state index in [1.54, 1.807) is 36.4 Å². The largest absolute Gasteiger partial charge is 0.507 e. The number of rotatable bonds is 8. The zero-order valence-corrected chi connectivity index (χ0v) is 41.7. The van der Waals surface area contributed by atoms with Crippen LogP contribution in [0.2, 0.25) is 0 Å². The van der Waals surface area contributed by atoms with Gasteiger partial charge in [0.1, 0.15) is 11.6 Å². The molecule has 10 aromatic rings. The summed E-state index contributed by atoms with van der Waals surface area (Å²) in [5.41, 5.74) is -14.2. The first-order valence-electron chi connectivity index (χ1n) is 38.1. The summed E-state index contributed by atoms with van der Waals surface area (Å²) < 4.78 is 276. The molecule has 0 fully saturated rings. The van der Waals surface area contributed by atoms with Crippen molar-refractivity contribution in [2.75, 3.05) is 0 Å². The number of aromatic hydroxyl groups is 1. The third kappa shape index (κ3) is 10.0. The topological polar surface area (TPSA) is 50.9 Å². The van der Waals surface area contributed by atoms with Gasteiger partial charge in [-0.25, -0.2) is 4.98 Å². The maximum Gasteiger partial charge on any atom is 0.148 e. The molecule has 0 aliphatic carbocycles. The first-order chi connectivity index (χ1) is 47.2. The Morgan fingerprint density at radius 3 is 1.96 bits per heavy atom. The van der Waals surface area contributed by atoms with Crippen LogP contribution in [0.15, 0.2) is 182 Å². The van der Waals surface area contributed by atoms with Crippen molar-refractivity contribution in [3.8, 4) is 89.7 Å². The molecule has 73 heavy (non-hydrogen) atoms. The molecule has 4 nitrogen and oxygen atoms in total. The molecule has 0 saturated carbocycles. The minimum Gasteiger partial charge on any atom is -0.507 e. The van der Waals surface area contributed by atoms with Crippen LogP contribution >= 0.6 is 0 Å². The average molecular weight is 1170 g/mol. The second kappa shape index (κ2) is 19.7. The molecule has 0 amide bonds. The van der Waals surface area contributed by atoms with Crippen LogP contribution in [0.3, 0.4) is 0 Å². The summed E-state index contributed by atoms with van der Waals surface area (Å²) in [6.07, 6.45) is -0.863. The summed E-state index contributed by atoms with van der Waals surface area (Å²) in [4.78, 5) is 9.32. The van der Waals surface area contributed by atoms with E-state index in [4.69, 9.17) is 42.0 Å². The molecule has 2 heterocycles. The number of phenolic OH excluding ortho intramolecular Hbond substituents is 1. The average Bonchev–Trinajstić information content (AvgIpc) is 0.867. The molecule has 10 rings (SSSR count). The Morgan fingerprint density at radius 1 is 0.562 bits per heavy atom. The zero-order chi connectivity index (χ0) is 76.8. The summed E-state index contributed by atoms with van der Waals surface area (Å²) in [6, 6.07) is 32.7. The Balaban J connectivity index is 0.0000125. The van der Waals surface area contributed by atoms with Gasteiger partial charge in [-0.2, -0.15) is 0 Å². The number of nitrogens with zero attached hydrogens (tertiary/aromatic N) is 3. The van der Waals surface area contributed by atoms with Crippen molar-refractivity contribution in [1.82, 2.24) is 14.5 Å². The molecule has 0 aliphatic rings. The van der Waals surface area contributed by atoms with Crippen molar-refractivity contribution in [1.29, 1.82) is 0 Å². The molecule has 0 radical (unpaired) electrons. The smallest absolute Gasteiger partial charge is 0.148 e. The Morgan fingerprint density at radius 2 is 1.26 bits per heavy atom. The van der Waals surface area contributed by atoms with Crippen LogP contribution in [-0.4, -0.2) is 19.6 Å². The van der Waals surface area contributed by atoms with Crippen molar-refractivity contribution >= 4 is 11.0 Å². The Kier molecular flexibility index (Phi) is 6.80. The number of aromatic nitrogens is 3. The minimum absolute atomic E-state index is 0. The van der Waals surface area contributed by atoms with Crippen molar-refractivity contribution in [2.45, 2.75) is 91.8 Å². The SMILES string of the molecule is [2H]c1nc(-c2[c-]c(-c3cccc4c3nc(-c3cc(C(C([2H])([2H])[2H])(C([2H])([2H])[2H])C([2H])([2H])[2H])cc(C(C([2H])([2H])[2H])(C([2H])([2H])[2H])C([2H])([2H])[2H])c3O)n4-c3ccc(-c4c(-c5ccccc5)cccc4C(C)(C)C)cc3C([2H])([2H])[2H])cc(-c3ccccc3)c2)c([2H])c(-c2c([2H])c([2H])c(C([2H])([2H])[2H])c([2H])c2[2H])c1[2H].[Pt]. The third-order valence-corrected chi connectivity index (χ3v) is 12.3. The first kappa shape index (κ1) is 25.2. The number of benzene rings is 8. The van der Waals surface area contributed by atoms with E-state index in [2.05, 4.69) is 11.1 Å². The Labute approximate surface area is 490 Å². The van der Waals surface area contributed by atoms with Crippen LogP contribution in [-0.2, 0) is 37.3 Å². The van der Waals surface area contributed by atoms with Gasteiger partial charge in [0.15, 0.2) is 0 Å². The fraction of sp³-hybridized carbons (Fsp3) is 0.206. The van der Waals surface area contributed by atoms with Crippen LogP contribution in [0.4, 0.5) is 0 Å². The summed E-state index contributed by atoms with van der Waals surface area (Å²) in [5.74, 6) is -2.48. The van der Waals surface area contributed by atoms with Gasteiger partial charge in [0.05, 0.1) is 31.9 Å². The van der Waals surface area contributed by atoms with Gasteiger partial charge in [-0.15, -0.1) is 23.8 Å². The maximum atomic E-state index is 13.3. The summed E-state index contributed by atoms with van der Waals surface area (Å²) in [7, 11) is 0. The van der Waals surface area contributed by atoms with E-state index in [0.29, 0.717) is 28.3 Å². The number of imidazole rings is 1. The van der Waals surface area contributed by atoms with Gasteiger partial charge in [-0.3, -0.25) is 9.55 Å². The molecule has 8 aromatic carbocycles. The second-order valence-corrected chi connectivity index (χ2v) is 18.4. The van der Waals surface area contributed by atoms with Gasteiger partial charge in [0.25, 0.3) is 0 Å². The van der Waals surface area contributed by atoms with E-state index in [1.165, 1.54) is 42.5 Å². The Bertz CT molecular complexity index is 4890. The number of hydrogen-bond acceptors (Lipinski definition) is 3. The zero-order valence-electron chi connectivity index (χ0n) is 70.4. The predicted molar refractivity (Wildman–Crippen MR) is 303 cm³/mol. The molecular weight excluding hydrogens is 1070 g/mol. The van der Waals surface area contributed by atoms with Crippen LogP contribution in [0, 0.1) is 19.8 Å². The maximum absolute atomic E-state index is 13.3. The standard InChI is InChI=1S/C68H64N3O.Pt/c1-43-28-30-46(31-29-43)48-34-35-69-59(40-48)52-38-50(45-20-14-12-15-21-45)37-51(39-52)55-25-19-27-61-63(55)70-65(56-41-53(66(3,4)5)42-58(64(56)72)68(9,10)11)71(61)60-33-32-49(36-44(60)2)62-54(47-22-16-13-17-23-47)24-18-26-57(62)67(6,7)8;/h12-38,40-42,72H,1-11H3;/q-1;/i1D3,2D3,3D3,4D3,5D3,9D3,10D3,11D3,28D,29D,30D,31D,34D,35D,40D;. The van der Waals surface area contributed by atoms with Crippen LogP contribution in [0.5, 0.6) is 5.75 Å². The fourth-order valence-electron chi connectivity index (χ4n) is 8.93. The molecule has 0 atom stereocenters. The molecular formula is C68H64N3OPt-. The molecule has 0 aliphatic heterocycles. The number of phenols is 1. The number of para-hydroxylation sites is 1. The number of pyridine rings is 1. The monoisotopic (exact) mass is 1160 g/mol. The van der Waals surface area contributed by atoms with E-state index >= 15 is 0 Å². The fourth-order valence-corrected chi connectivity index (χ4v) is 8.93. The molecule has 1 N–H and O–H groups in total. The Hall–Kier alpha value is -7.13. The molecule has 0 spiro atoms. The summed E-state index contributed by atoms with van der Waals surface area (Å²) in [5, 5.41) is 13.3. The van der Waals surface area contributed by atoms with E-state index in [9.17, 15) is 10.6 Å². The molecule has 368 valence electrons. The van der Waals surface area contributed by atoms with E-state index in [0.717, 1.165) is 15.7 Å². The predicted octanol–water partition coefficient (Wildman–Crippen LogP) is 18.1. The van der Waals surface area contributed by atoms with Crippen molar-refractivity contribution in [3.63, 3.8) is 0 Å². The third-order valence-electron chi connectivity index (χ3n) is 12.3. The first-order valence-corrected chi connectivity index (χ1v) is 22.6. The normalized spacial score (nSPS) is 19.6. The van der Waals surface area contributed by atoms with Gasteiger partial charge in [0, 0.05) is 71.4 Å². The van der Waals surface area contributed by atoms with Crippen LogP contribution in [0.25, 0.3) is 95.0 Å². The van der Waals surface area contributed by atoms with Crippen molar-refractivity contribution < 1.29 is 68.7 Å². The van der Waals surface area contributed by atoms with Gasteiger partial charge in [-0.05, 0) is 116 Å². The van der Waals surface area contributed by atoms with Gasteiger partial charge in [0.2, 0.25) is 0 Å². The van der Waals surface area contributed by atoms with Gasteiger partial charge >= 0.3 is 0 Å². The minimum atomic E-state index is -4.38. The van der Waals surface area contributed by atoms with Crippen LogP contribution in [0.1, 0.15) is 132 Å². The molecule has 0 unspecified atom stereocenters. The number of aryl methyl sites for hydroxylation is 1. The summed E-state index contributed by atoms with van der Waals surface area (Å²) >= 11 is 0. The van der Waals surface area contributed by atoms with E-state index in [1.807, 2.05) is 69.3 Å². The van der Waals surface area contributed by atoms with Gasteiger partial charge in [-0.1, -0.05) is 217 Å². The molecule has 0 saturated heterocycles.